The second kappa shape index (κ2) is 5.59. The molecule has 5 nitrogen and oxygen atoms in total. The zero-order chi connectivity index (χ0) is 13.2. The standard InChI is InChI=1S/C14H25N5/c1-11(19-9-7-18(2)8-10-19)3-6-13-15-14(17-16-13)12-4-5-12/h11-12H,3-10H2,1-2H3,(H,15,16,17)/t11-/m0/s1. The lowest BCUT2D eigenvalue weighted by Crippen LogP contribution is -2.48. The molecule has 1 saturated heterocycles. The van der Waals surface area contributed by atoms with Crippen LogP contribution in [0.25, 0.3) is 0 Å². The molecular formula is C14H25N5. The average molecular weight is 263 g/mol. The Balaban J connectivity index is 1.45. The van der Waals surface area contributed by atoms with Gasteiger partial charge in [-0.1, -0.05) is 0 Å². The number of nitrogens with one attached hydrogen (secondary N) is 1. The van der Waals surface area contributed by atoms with Crippen molar-refractivity contribution in [3.05, 3.63) is 11.6 Å². The van der Waals surface area contributed by atoms with Gasteiger partial charge in [-0.3, -0.25) is 10.00 Å². The maximum atomic E-state index is 4.61. The Morgan fingerprint density at radius 2 is 2.00 bits per heavy atom. The lowest BCUT2D eigenvalue weighted by molar-refractivity contribution is 0.114. The van der Waals surface area contributed by atoms with Gasteiger partial charge >= 0.3 is 0 Å². The molecule has 1 aliphatic heterocycles. The maximum absolute atomic E-state index is 4.61. The number of aryl methyl sites for hydroxylation is 1. The molecule has 3 rings (SSSR count). The number of hydrogen-bond acceptors (Lipinski definition) is 4. The van der Waals surface area contributed by atoms with E-state index in [2.05, 4.69) is 39.0 Å². The summed E-state index contributed by atoms with van der Waals surface area (Å²) in [4.78, 5) is 9.61. The molecular weight excluding hydrogens is 238 g/mol. The second-order valence-corrected chi connectivity index (χ2v) is 6.14. The molecule has 5 heteroatoms. The number of aromatic amines is 1. The largest absolute Gasteiger partial charge is 0.304 e. The van der Waals surface area contributed by atoms with Gasteiger partial charge in [0.25, 0.3) is 0 Å². The third kappa shape index (κ3) is 3.34. The highest BCUT2D eigenvalue weighted by molar-refractivity contribution is 5.05. The molecule has 19 heavy (non-hydrogen) atoms. The van der Waals surface area contributed by atoms with E-state index >= 15 is 0 Å². The first kappa shape index (κ1) is 13.1. The van der Waals surface area contributed by atoms with Gasteiger partial charge in [-0.2, -0.15) is 5.10 Å². The molecule has 0 radical (unpaired) electrons. The Morgan fingerprint density at radius 3 is 2.68 bits per heavy atom. The zero-order valence-corrected chi connectivity index (χ0v) is 12.1. The van der Waals surface area contributed by atoms with Crippen molar-refractivity contribution in [1.82, 2.24) is 25.0 Å². The minimum absolute atomic E-state index is 0.642. The molecule has 0 spiro atoms. The quantitative estimate of drug-likeness (QED) is 0.868. The Bertz CT molecular complexity index is 404. The Hall–Kier alpha value is -0.940. The number of piperazine rings is 1. The molecule has 106 valence electrons. The number of aromatic nitrogens is 3. The van der Waals surface area contributed by atoms with Crippen molar-refractivity contribution in [2.24, 2.45) is 0 Å². The highest BCUT2D eigenvalue weighted by Gasteiger charge is 2.27. The molecule has 2 aliphatic rings. The van der Waals surface area contributed by atoms with Crippen LogP contribution < -0.4 is 0 Å². The molecule has 1 aromatic rings. The molecule has 0 bridgehead atoms. The van der Waals surface area contributed by atoms with Crippen LogP contribution in [-0.2, 0) is 6.42 Å². The van der Waals surface area contributed by atoms with Crippen LogP contribution in [0, 0.1) is 0 Å². The third-order valence-corrected chi connectivity index (χ3v) is 4.45. The normalized spacial score (nSPS) is 23.7. The summed E-state index contributed by atoms with van der Waals surface area (Å²) >= 11 is 0. The number of H-pyrrole nitrogens is 1. The molecule has 0 unspecified atom stereocenters. The van der Waals surface area contributed by atoms with Crippen molar-refractivity contribution in [1.29, 1.82) is 0 Å². The van der Waals surface area contributed by atoms with Crippen LogP contribution in [0.15, 0.2) is 0 Å². The van der Waals surface area contributed by atoms with Crippen molar-refractivity contribution < 1.29 is 0 Å². The predicted molar refractivity (Wildman–Crippen MR) is 75.2 cm³/mol. The summed E-state index contributed by atoms with van der Waals surface area (Å²) in [5, 5.41) is 7.43. The van der Waals surface area contributed by atoms with Gasteiger partial charge in [-0.05, 0) is 33.2 Å². The van der Waals surface area contributed by atoms with Crippen molar-refractivity contribution in [2.45, 2.75) is 44.6 Å². The van der Waals surface area contributed by atoms with Crippen LogP contribution in [0.1, 0.15) is 43.8 Å². The summed E-state index contributed by atoms with van der Waals surface area (Å²) in [7, 11) is 2.20. The molecule has 0 aromatic carbocycles. The fraction of sp³-hybridized carbons (Fsp3) is 0.857. The monoisotopic (exact) mass is 263 g/mol. The van der Waals surface area contributed by atoms with Gasteiger partial charge in [0.1, 0.15) is 5.82 Å². The minimum Gasteiger partial charge on any atom is -0.304 e. The fourth-order valence-electron chi connectivity index (χ4n) is 2.74. The van der Waals surface area contributed by atoms with E-state index in [4.69, 9.17) is 0 Å². The first-order chi connectivity index (χ1) is 9.22. The Morgan fingerprint density at radius 1 is 1.26 bits per heavy atom. The van der Waals surface area contributed by atoms with Gasteiger partial charge in [0.05, 0.1) is 0 Å². The smallest absolute Gasteiger partial charge is 0.153 e. The first-order valence-corrected chi connectivity index (χ1v) is 7.56. The number of likely N-dealkylation sites (N-methyl/N-ethyl adjacent to an activating group) is 1. The van der Waals surface area contributed by atoms with Crippen LogP contribution in [0.3, 0.4) is 0 Å². The topological polar surface area (TPSA) is 48.1 Å². The number of nitrogens with zero attached hydrogens (tertiary/aromatic N) is 4. The molecule has 2 fully saturated rings. The minimum atomic E-state index is 0.642. The van der Waals surface area contributed by atoms with E-state index in [1.165, 1.54) is 45.4 Å². The van der Waals surface area contributed by atoms with Crippen molar-refractivity contribution in [3.8, 4) is 0 Å². The molecule has 1 aromatic heterocycles. The zero-order valence-electron chi connectivity index (χ0n) is 12.1. The highest BCUT2D eigenvalue weighted by Crippen LogP contribution is 2.37. The first-order valence-electron chi connectivity index (χ1n) is 7.56. The van der Waals surface area contributed by atoms with Crippen LogP contribution in [-0.4, -0.2) is 64.2 Å². The summed E-state index contributed by atoms with van der Waals surface area (Å²) in [5.41, 5.74) is 0. The molecule has 1 atom stereocenters. The highest BCUT2D eigenvalue weighted by atomic mass is 15.3. The number of rotatable bonds is 5. The van der Waals surface area contributed by atoms with Crippen LogP contribution in [0.2, 0.25) is 0 Å². The summed E-state index contributed by atoms with van der Waals surface area (Å²) in [5.74, 6) is 2.77. The lowest BCUT2D eigenvalue weighted by atomic mass is 10.1. The van der Waals surface area contributed by atoms with E-state index in [1.807, 2.05) is 0 Å². The van der Waals surface area contributed by atoms with Gasteiger partial charge in [-0.25, -0.2) is 4.98 Å². The third-order valence-electron chi connectivity index (χ3n) is 4.45. The van der Waals surface area contributed by atoms with Gasteiger partial charge < -0.3 is 4.90 Å². The van der Waals surface area contributed by atoms with Crippen LogP contribution in [0.4, 0.5) is 0 Å². The molecule has 0 amide bonds. The SMILES string of the molecule is C[C@@H](CCc1nc(C2CC2)n[nH]1)N1CCN(C)CC1. The van der Waals surface area contributed by atoms with E-state index in [0.29, 0.717) is 12.0 Å². The van der Waals surface area contributed by atoms with Gasteiger partial charge in [0, 0.05) is 44.6 Å². The summed E-state index contributed by atoms with van der Waals surface area (Å²) < 4.78 is 0. The van der Waals surface area contributed by atoms with E-state index in [0.717, 1.165) is 18.1 Å². The maximum Gasteiger partial charge on any atom is 0.153 e. The van der Waals surface area contributed by atoms with Crippen LogP contribution >= 0.6 is 0 Å². The van der Waals surface area contributed by atoms with E-state index < -0.39 is 0 Å². The average Bonchev–Trinajstić information content (AvgIpc) is 3.16. The summed E-state index contributed by atoms with van der Waals surface area (Å²) in [6.07, 6.45) is 4.74. The van der Waals surface area contributed by atoms with E-state index in [9.17, 15) is 0 Å². The van der Waals surface area contributed by atoms with E-state index in [-0.39, 0.29) is 0 Å². The van der Waals surface area contributed by atoms with Gasteiger partial charge in [0.15, 0.2) is 5.82 Å². The lowest BCUT2D eigenvalue weighted by Gasteiger charge is -2.36. The van der Waals surface area contributed by atoms with Crippen molar-refractivity contribution in [3.63, 3.8) is 0 Å². The van der Waals surface area contributed by atoms with Crippen molar-refractivity contribution in [2.75, 3.05) is 33.2 Å². The van der Waals surface area contributed by atoms with Crippen molar-refractivity contribution >= 4 is 0 Å². The van der Waals surface area contributed by atoms with E-state index in [1.54, 1.807) is 0 Å². The second-order valence-electron chi connectivity index (χ2n) is 6.14. The Kier molecular flexibility index (Phi) is 3.84. The summed E-state index contributed by atoms with van der Waals surface area (Å²) in [6, 6.07) is 0.642. The van der Waals surface area contributed by atoms with Gasteiger partial charge in [-0.15, -0.1) is 0 Å². The molecule has 1 aliphatic carbocycles. The number of hydrogen-bond donors (Lipinski definition) is 1. The predicted octanol–water partition coefficient (Wildman–Crippen LogP) is 1.25. The van der Waals surface area contributed by atoms with Crippen LogP contribution in [0.5, 0.6) is 0 Å². The molecule has 2 heterocycles. The molecule has 1 saturated carbocycles. The summed E-state index contributed by atoms with van der Waals surface area (Å²) in [6.45, 7) is 7.11. The Labute approximate surface area is 115 Å². The fourth-order valence-corrected chi connectivity index (χ4v) is 2.74. The molecule has 1 N–H and O–H groups in total. The van der Waals surface area contributed by atoms with Gasteiger partial charge in [0.2, 0.25) is 0 Å².